The van der Waals surface area contributed by atoms with Crippen LogP contribution in [0.2, 0.25) is 0 Å². The maximum absolute atomic E-state index is 12.5. The first-order valence-electron chi connectivity index (χ1n) is 16.7. The molecule has 4 fully saturated rings. The molecule has 0 unspecified atom stereocenters. The number of ether oxygens (including phenoxy) is 5. The minimum Gasteiger partial charge on any atom is -0.465 e. The Balaban J connectivity index is 1.55. The van der Waals surface area contributed by atoms with E-state index in [0.717, 1.165) is 44.9 Å². The molecule has 10 heteroatoms. The van der Waals surface area contributed by atoms with Gasteiger partial charge >= 0.3 is 11.9 Å². The molecule has 4 rings (SSSR count). The summed E-state index contributed by atoms with van der Waals surface area (Å²) in [6.07, 6.45) is 7.00. The average molecular weight is 621 g/mol. The number of hydrogen-bond donors (Lipinski definition) is 0. The van der Waals surface area contributed by atoms with E-state index in [-0.39, 0.29) is 77.9 Å². The highest BCUT2D eigenvalue weighted by atomic mass is 16.6. The van der Waals surface area contributed by atoms with E-state index < -0.39 is 17.9 Å². The number of rotatable bonds is 15. The maximum Gasteiger partial charge on any atom is 0.320 e. The fraction of sp³-hybridized carbons (Fsp3) is 0.853. The summed E-state index contributed by atoms with van der Waals surface area (Å²) in [7, 11) is 0. The Morgan fingerprint density at radius 2 is 1.48 bits per heavy atom. The first-order chi connectivity index (χ1) is 21.1. The van der Waals surface area contributed by atoms with Gasteiger partial charge in [-0.2, -0.15) is 0 Å². The van der Waals surface area contributed by atoms with Crippen LogP contribution in [0, 0.1) is 52.3 Å². The second kappa shape index (κ2) is 14.6. The van der Waals surface area contributed by atoms with Crippen molar-refractivity contribution in [1.82, 2.24) is 0 Å². The summed E-state index contributed by atoms with van der Waals surface area (Å²) in [5.41, 5.74) is -0.352. The molecule has 0 heterocycles. The minimum absolute atomic E-state index is 0.0408. The molecule has 0 aliphatic heterocycles. The van der Waals surface area contributed by atoms with Crippen molar-refractivity contribution in [2.24, 2.45) is 52.3 Å². The molecule has 0 radical (unpaired) electrons. The summed E-state index contributed by atoms with van der Waals surface area (Å²) in [5.74, 6) is -0.721. The van der Waals surface area contributed by atoms with Crippen LogP contribution in [0.3, 0.4) is 0 Å². The Kier molecular flexibility index (Phi) is 11.4. The van der Waals surface area contributed by atoms with Crippen molar-refractivity contribution in [2.75, 3.05) is 13.2 Å². The molecule has 11 atom stereocenters. The van der Waals surface area contributed by atoms with Crippen molar-refractivity contribution in [3.05, 3.63) is 0 Å². The van der Waals surface area contributed by atoms with Crippen LogP contribution in [-0.2, 0) is 47.7 Å². The molecule has 0 aromatic carbocycles. The largest absolute Gasteiger partial charge is 0.465 e. The summed E-state index contributed by atoms with van der Waals surface area (Å²) >= 11 is 0. The molecular formula is C34H52O10. The topological polar surface area (TPSA) is 132 Å². The van der Waals surface area contributed by atoms with Crippen LogP contribution in [0.15, 0.2) is 0 Å². The summed E-state index contributed by atoms with van der Waals surface area (Å²) < 4.78 is 27.5. The molecule has 0 N–H and O–H groups in total. The van der Waals surface area contributed by atoms with E-state index in [0.29, 0.717) is 38.7 Å². The molecule has 248 valence electrons. The van der Waals surface area contributed by atoms with E-state index in [2.05, 4.69) is 20.8 Å². The summed E-state index contributed by atoms with van der Waals surface area (Å²) in [5, 5.41) is 0. The predicted octanol–water partition coefficient (Wildman–Crippen LogP) is 5.04. The molecule has 10 nitrogen and oxygen atoms in total. The van der Waals surface area contributed by atoms with Gasteiger partial charge < -0.3 is 23.7 Å². The lowest BCUT2D eigenvalue weighted by molar-refractivity contribution is -0.218. The number of esters is 2. The molecular weight excluding hydrogens is 568 g/mol. The van der Waals surface area contributed by atoms with Crippen LogP contribution < -0.4 is 0 Å². The van der Waals surface area contributed by atoms with Crippen molar-refractivity contribution in [1.29, 1.82) is 0 Å². The summed E-state index contributed by atoms with van der Waals surface area (Å²) in [6.45, 7) is 12.4. The molecule has 44 heavy (non-hydrogen) atoms. The van der Waals surface area contributed by atoms with Gasteiger partial charge in [-0.15, -0.1) is 0 Å². The maximum atomic E-state index is 12.5. The van der Waals surface area contributed by atoms with Crippen LogP contribution in [0.5, 0.6) is 0 Å². The second-order valence-electron chi connectivity index (χ2n) is 14.1. The van der Waals surface area contributed by atoms with E-state index in [1.54, 1.807) is 13.8 Å². The van der Waals surface area contributed by atoms with Crippen molar-refractivity contribution >= 4 is 31.4 Å². The standard InChI is InChI=1S/C34H52O10/c1-6-40-31(38)24(32(39)41-7-2)10-8-9-21(3)25-11-12-26-30-27(17-29(44-20-37)34(25,26)5)33(4)14-13-23(42-18-35)15-22(33)16-28(30)43-19-36/h18-30H,6-17H2,1-5H3/t21-,22+,23-,25-,26+,27+,28-,29+,30+,33+,34-/m1/s1. The molecule has 4 saturated carbocycles. The number of carbonyl (C=O) groups excluding carboxylic acids is 5. The first-order valence-corrected chi connectivity index (χ1v) is 16.7. The summed E-state index contributed by atoms with van der Waals surface area (Å²) in [4.78, 5) is 59.8. The third-order valence-corrected chi connectivity index (χ3v) is 12.4. The fourth-order valence-electron chi connectivity index (χ4n) is 10.4. The molecule has 4 aliphatic carbocycles. The van der Waals surface area contributed by atoms with E-state index in [9.17, 15) is 24.0 Å². The zero-order valence-electron chi connectivity index (χ0n) is 27.1. The molecule has 4 aliphatic rings. The van der Waals surface area contributed by atoms with Gasteiger partial charge in [-0.05, 0) is 100 Å². The normalized spacial score (nSPS) is 38.2. The smallest absolute Gasteiger partial charge is 0.320 e. The fourth-order valence-corrected chi connectivity index (χ4v) is 10.4. The highest BCUT2D eigenvalue weighted by molar-refractivity contribution is 5.94. The van der Waals surface area contributed by atoms with E-state index in [4.69, 9.17) is 23.7 Å². The Morgan fingerprint density at radius 3 is 2.09 bits per heavy atom. The Morgan fingerprint density at radius 1 is 0.818 bits per heavy atom. The van der Waals surface area contributed by atoms with E-state index in [1.807, 2.05) is 0 Å². The number of carbonyl (C=O) groups is 5. The van der Waals surface area contributed by atoms with Gasteiger partial charge in [0.05, 0.1) is 13.2 Å². The van der Waals surface area contributed by atoms with Crippen molar-refractivity contribution < 1.29 is 47.7 Å². The minimum atomic E-state index is -0.931. The van der Waals surface area contributed by atoms with Gasteiger partial charge in [0.2, 0.25) is 0 Å². The zero-order valence-corrected chi connectivity index (χ0v) is 27.1. The van der Waals surface area contributed by atoms with Crippen LogP contribution >= 0.6 is 0 Å². The predicted molar refractivity (Wildman–Crippen MR) is 159 cm³/mol. The van der Waals surface area contributed by atoms with Gasteiger partial charge in [0, 0.05) is 11.3 Å². The van der Waals surface area contributed by atoms with Gasteiger partial charge in [-0.25, -0.2) is 0 Å². The van der Waals surface area contributed by atoms with Crippen molar-refractivity contribution in [3.8, 4) is 0 Å². The number of fused-ring (bicyclic) bond motifs is 5. The lowest BCUT2D eigenvalue weighted by Crippen LogP contribution is -2.63. The van der Waals surface area contributed by atoms with Crippen molar-refractivity contribution in [2.45, 2.75) is 117 Å². The molecule has 0 spiro atoms. The van der Waals surface area contributed by atoms with Gasteiger partial charge in [-0.3, -0.25) is 24.0 Å². The van der Waals surface area contributed by atoms with E-state index >= 15 is 0 Å². The Labute approximate surface area is 261 Å². The lowest BCUT2D eigenvalue weighted by Gasteiger charge is -2.64. The van der Waals surface area contributed by atoms with Crippen LogP contribution in [-0.4, -0.2) is 62.9 Å². The Bertz CT molecular complexity index is 1010. The van der Waals surface area contributed by atoms with E-state index in [1.165, 1.54) is 0 Å². The van der Waals surface area contributed by atoms with Gasteiger partial charge in [0.1, 0.15) is 18.3 Å². The SMILES string of the molecule is CCOC(=O)C(CCC[C@@H](C)[C@H]1CC[C@H]2[C@@H]3[C@H](OC=O)C[C@@H]4C[C@H](OC=O)CC[C@]4(C)[C@H]3C[C@H](OC=O)[C@]12C)C(=O)OCC. The lowest BCUT2D eigenvalue weighted by atomic mass is 9.43. The molecule has 0 saturated heterocycles. The third-order valence-electron chi connectivity index (χ3n) is 12.4. The average Bonchev–Trinajstić information content (AvgIpc) is 3.35. The Hall–Kier alpha value is -2.65. The highest BCUT2D eigenvalue weighted by Crippen LogP contribution is 2.69. The van der Waals surface area contributed by atoms with Gasteiger partial charge in [0.25, 0.3) is 19.4 Å². The quantitative estimate of drug-likeness (QED) is 0.106. The first kappa shape index (κ1) is 34.2. The second-order valence-corrected chi connectivity index (χ2v) is 14.1. The number of hydrogen-bond acceptors (Lipinski definition) is 10. The highest BCUT2D eigenvalue weighted by Gasteiger charge is 2.67. The monoisotopic (exact) mass is 620 g/mol. The van der Waals surface area contributed by atoms with Crippen LogP contribution in [0.25, 0.3) is 0 Å². The zero-order chi connectivity index (χ0) is 32.1. The molecule has 0 amide bonds. The molecule has 0 aromatic rings. The molecule has 0 bridgehead atoms. The molecule has 0 aromatic heterocycles. The van der Waals surface area contributed by atoms with Crippen LogP contribution in [0.4, 0.5) is 0 Å². The summed E-state index contributed by atoms with van der Waals surface area (Å²) in [6, 6.07) is 0. The van der Waals surface area contributed by atoms with Gasteiger partial charge in [0.15, 0.2) is 5.92 Å². The van der Waals surface area contributed by atoms with Crippen LogP contribution in [0.1, 0.15) is 98.8 Å². The third kappa shape index (κ3) is 6.37. The van der Waals surface area contributed by atoms with Crippen molar-refractivity contribution in [3.63, 3.8) is 0 Å². The van der Waals surface area contributed by atoms with Gasteiger partial charge in [-0.1, -0.05) is 33.6 Å².